The molecule has 0 aliphatic carbocycles. The van der Waals surface area contributed by atoms with Crippen LogP contribution in [0.4, 0.5) is 0 Å². The highest BCUT2D eigenvalue weighted by atomic mass is 35.5. The van der Waals surface area contributed by atoms with Crippen LogP contribution in [0.3, 0.4) is 0 Å². The Morgan fingerprint density at radius 3 is 2.12 bits per heavy atom. The lowest BCUT2D eigenvalue weighted by molar-refractivity contribution is -0.122. The normalized spacial score (nSPS) is 12.6. The van der Waals surface area contributed by atoms with Gasteiger partial charge in [0.2, 0.25) is 15.9 Å². The molecule has 0 bridgehead atoms. The quantitative estimate of drug-likeness (QED) is 0.437. The number of aryl methyl sites for hydroxylation is 4. The third kappa shape index (κ3) is 6.26. The van der Waals surface area contributed by atoms with E-state index in [2.05, 4.69) is 24.4 Å². The number of nitrogens with zero attached hydrogens (tertiary/aromatic N) is 1. The van der Waals surface area contributed by atoms with Crippen molar-refractivity contribution in [2.24, 2.45) is 0 Å². The van der Waals surface area contributed by atoms with Crippen LogP contribution in [0.2, 0.25) is 5.02 Å². The summed E-state index contributed by atoms with van der Waals surface area (Å²) >= 11 is 5.95. The molecule has 0 heterocycles. The molecule has 1 atom stereocenters. The maximum Gasteiger partial charge on any atom is 0.243 e. The standard InChI is InChI=1S/C27H31ClN2O3S/c1-18-6-8-23(9-7-18)16-30(34(32,33)25-12-10-24(28)11-13-25)17-27(31)29-22(5)26-15-20(3)19(2)14-21(26)4/h6-15,22H,16-17H2,1-5H3,(H,29,31). The van der Waals surface area contributed by atoms with Gasteiger partial charge in [0.1, 0.15) is 0 Å². The molecule has 0 saturated heterocycles. The van der Waals surface area contributed by atoms with E-state index in [0.717, 1.165) is 27.8 Å². The number of carbonyl (C=O) groups is 1. The lowest BCUT2D eigenvalue weighted by Gasteiger charge is -2.24. The average Bonchev–Trinajstić information content (AvgIpc) is 2.77. The fraction of sp³-hybridized carbons (Fsp3) is 0.296. The molecule has 0 aliphatic heterocycles. The lowest BCUT2D eigenvalue weighted by atomic mass is 9.96. The summed E-state index contributed by atoms with van der Waals surface area (Å²) in [4.78, 5) is 13.1. The summed E-state index contributed by atoms with van der Waals surface area (Å²) in [7, 11) is -3.93. The van der Waals surface area contributed by atoms with E-state index in [0.29, 0.717) is 5.02 Å². The van der Waals surface area contributed by atoms with Crippen molar-refractivity contribution in [2.45, 2.75) is 52.1 Å². The summed E-state index contributed by atoms with van der Waals surface area (Å²) in [5.41, 5.74) is 6.31. The van der Waals surface area contributed by atoms with Crippen molar-refractivity contribution in [3.05, 3.63) is 99.1 Å². The molecule has 180 valence electrons. The molecule has 3 aromatic carbocycles. The van der Waals surface area contributed by atoms with Gasteiger partial charge in [0.15, 0.2) is 0 Å². The first kappa shape index (κ1) is 25.9. The highest BCUT2D eigenvalue weighted by molar-refractivity contribution is 7.89. The number of halogens is 1. The summed E-state index contributed by atoms with van der Waals surface area (Å²) in [6.45, 7) is 9.76. The minimum Gasteiger partial charge on any atom is -0.348 e. The number of amides is 1. The number of rotatable bonds is 8. The molecule has 5 nitrogen and oxygen atoms in total. The molecule has 0 fully saturated rings. The van der Waals surface area contributed by atoms with Crippen LogP contribution in [0.25, 0.3) is 0 Å². The van der Waals surface area contributed by atoms with Gasteiger partial charge in [-0.2, -0.15) is 4.31 Å². The van der Waals surface area contributed by atoms with Crippen molar-refractivity contribution < 1.29 is 13.2 Å². The van der Waals surface area contributed by atoms with Crippen molar-refractivity contribution in [3.8, 4) is 0 Å². The molecule has 1 N–H and O–H groups in total. The van der Waals surface area contributed by atoms with Gasteiger partial charge in [0.05, 0.1) is 17.5 Å². The van der Waals surface area contributed by atoms with Crippen LogP contribution in [0, 0.1) is 27.7 Å². The molecule has 0 saturated carbocycles. The van der Waals surface area contributed by atoms with Gasteiger partial charge in [0.25, 0.3) is 0 Å². The van der Waals surface area contributed by atoms with E-state index >= 15 is 0 Å². The maximum atomic E-state index is 13.4. The van der Waals surface area contributed by atoms with E-state index in [4.69, 9.17) is 11.6 Å². The van der Waals surface area contributed by atoms with Gasteiger partial charge >= 0.3 is 0 Å². The smallest absolute Gasteiger partial charge is 0.243 e. The van der Waals surface area contributed by atoms with Crippen LogP contribution in [-0.4, -0.2) is 25.2 Å². The minimum absolute atomic E-state index is 0.0791. The topological polar surface area (TPSA) is 66.5 Å². The van der Waals surface area contributed by atoms with Crippen molar-refractivity contribution in [1.82, 2.24) is 9.62 Å². The molecule has 3 rings (SSSR count). The Labute approximate surface area is 207 Å². The fourth-order valence-electron chi connectivity index (χ4n) is 3.85. The number of nitrogens with one attached hydrogen (secondary N) is 1. The van der Waals surface area contributed by atoms with Crippen LogP contribution in [0.1, 0.15) is 46.3 Å². The Bertz CT molecular complexity index is 1270. The minimum atomic E-state index is -3.93. The molecule has 3 aromatic rings. The van der Waals surface area contributed by atoms with E-state index in [1.165, 1.54) is 34.1 Å². The van der Waals surface area contributed by atoms with E-state index in [9.17, 15) is 13.2 Å². The monoisotopic (exact) mass is 498 g/mol. The molecule has 0 radical (unpaired) electrons. The third-order valence-electron chi connectivity index (χ3n) is 5.98. The molecule has 1 amide bonds. The molecular formula is C27H31ClN2O3S. The predicted molar refractivity (Wildman–Crippen MR) is 137 cm³/mol. The second-order valence-corrected chi connectivity index (χ2v) is 11.2. The van der Waals surface area contributed by atoms with Gasteiger partial charge in [-0.3, -0.25) is 4.79 Å². The molecule has 34 heavy (non-hydrogen) atoms. The largest absolute Gasteiger partial charge is 0.348 e. The summed E-state index contributed by atoms with van der Waals surface area (Å²) in [6, 6.07) is 17.5. The van der Waals surface area contributed by atoms with E-state index in [-0.39, 0.29) is 29.9 Å². The number of carbonyl (C=O) groups excluding carboxylic acids is 1. The van der Waals surface area contributed by atoms with E-state index in [1.54, 1.807) is 0 Å². The Morgan fingerprint density at radius 2 is 1.50 bits per heavy atom. The fourth-order valence-corrected chi connectivity index (χ4v) is 5.36. The predicted octanol–water partition coefficient (Wildman–Crippen LogP) is 5.64. The van der Waals surface area contributed by atoms with E-state index < -0.39 is 10.0 Å². The zero-order chi connectivity index (χ0) is 25.0. The molecule has 0 spiro atoms. The Hall–Kier alpha value is -2.67. The van der Waals surface area contributed by atoms with Gasteiger partial charge < -0.3 is 5.32 Å². The molecule has 7 heteroatoms. The zero-order valence-electron chi connectivity index (χ0n) is 20.2. The van der Waals surface area contributed by atoms with Gasteiger partial charge in [-0.05, 0) is 86.7 Å². The van der Waals surface area contributed by atoms with Crippen LogP contribution in [0.15, 0.2) is 65.6 Å². The number of hydrogen-bond donors (Lipinski definition) is 1. The highest BCUT2D eigenvalue weighted by Crippen LogP contribution is 2.23. The third-order valence-corrected chi connectivity index (χ3v) is 8.04. The summed E-state index contributed by atoms with van der Waals surface area (Å²) < 4.78 is 28.1. The first-order chi connectivity index (χ1) is 16.0. The lowest BCUT2D eigenvalue weighted by Crippen LogP contribution is -2.41. The van der Waals surface area contributed by atoms with Crippen LogP contribution < -0.4 is 5.32 Å². The van der Waals surface area contributed by atoms with E-state index in [1.807, 2.05) is 52.0 Å². The summed E-state index contributed by atoms with van der Waals surface area (Å²) in [5, 5.41) is 3.42. The molecule has 0 aliphatic rings. The first-order valence-corrected chi connectivity index (χ1v) is 13.0. The van der Waals surface area contributed by atoms with Gasteiger partial charge in [-0.15, -0.1) is 0 Å². The van der Waals surface area contributed by atoms with Gasteiger partial charge in [-0.1, -0.05) is 53.6 Å². The maximum absolute atomic E-state index is 13.4. The van der Waals surface area contributed by atoms with Crippen molar-refractivity contribution in [1.29, 1.82) is 0 Å². The highest BCUT2D eigenvalue weighted by Gasteiger charge is 2.27. The van der Waals surface area contributed by atoms with Gasteiger partial charge in [-0.25, -0.2) is 8.42 Å². The number of hydrogen-bond acceptors (Lipinski definition) is 3. The van der Waals surface area contributed by atoms with Crippen LogP contribution in [-0.2, 0) is 21.4 Å². The SMILES string of the molecule is Cc1ccc(CN(CC(=O)NC(C)c2cc(C)c(C)cc2C)S(=O)(=O)c2ccc(Cl)cc2)cc1. The van der Waals surface area contributed by atoms with Crippen molar-refractivity contribution >= 4 is 27.5 Å². The van der Waals surface area contributed by atoms with Crippen LogP contribution >= 0.6 is 11.6 Å². The summed E-state index contributed by atoms with van der Waals surface area (Å²) in [6.07, 6.45) is 0. The second kappa shape index (κ2) is 10.7. The Morgan fingerprint density at radius 1 is 0.912 bits per heavy atom. The first-order valence-electron chi connectivity index (χ1n) is 11.2. The van der Waals surface area contributed by atoms with Crippen molar-refractivity contribution in [2.75, 3.05) is 6.54 Å². The van der Waals surface area contributed by atoms with Crippen LogP contribution in [0.5, 0.6) is 0 Å². The van der Waals surface area contributed by atoms with Crippen molar-refractivity contribution in [3.63, 3.8) is 0 Å². The Balaban J connectivity index is 1.85. The summed E-state index contributed by atoms with van der Waals surface area (Å²) in [5.74, 6) is -0.366. The molecule has 0 aromatic heterocycles. The number of benzene rings is 3. The van der Waals surface area contributed by atoms with Gasteiger partial charge in [0, 0.05) is 11.6 Å². The number of sulfonamides is 1. The average molecular weight is 499 g/mol. The second-order valence-electron chi connectivity index (χ2n) is 8.79. The Kier molecular flexibility index (Phi) is 8.18. The molecule has 1 unspecified atom stereocenters. The zero-order valence-corrected chi connectivity index (χ0v) is 21.8. The molecular weight excluding hydrogens is 468 g/mol.